The highest BCUT2D eigenvalue weighted by atomic mass is 16.1. The first kappa shape index (κ1) is 9.67. The molecule has 0 saturated heterocycles. The van der Waals surface area contributed by atoms with Gasteiger partial charge in [-0.2, -0.15) is 0 Å². The van der Waals surface area contributed by atoms with E-state index < -0.39 is 0 Å². The Morgan fingerprint density at radius 1 is 1.40 bits per heavy atom. The van der Waals surface area contributed by atoms with Crippen LogP contribution in [0.2, 0.25) is 0 Å². The normalized spacial score (nSPS) is 13.0. The smallest absolute Gasteiger partial charge is 0.120 e. The molecule has 0 aliphatic carbocycles. The number of unbranched alkanes of at least 4 members (excludes halogenated alkanes) is 1. The summed E-state index contributed by atoms with van der Waals surface area (Å²) in [6.45, 7) is 4.34. The molecular formula is C9H18O. The van der Waals surface area contributed by atoms with Gasteiger partial charge in [-0.25, -0.2) is 0 Å². The topological polar surface area (TPSA) is 17.1 Å². The summed E-state index contributed by atoms with van der Waals surface area (Å²) in [7, 11) is 0. The molecule has 0 saturated carbocycles. The van der Waals surface area contributed by atoms with Crippen LogP contribution < -0.4 is 0 Å². The highest BCUT2D eigenvalue weighted by Crippen LogP contribution is 2.14. The van der Waals surface area contributed by atoms with Gasteiger partial charge >= 0.3 is 0 Å². The molecule has 0 heterocycles. The van der Waals surface area contributed by atoms with E-state index >= 15 is 0 Å². The molecule has 0 bridgehead atoms. The van der Waals surface area contributed by atoms with E-state index in [9.17, 15) is 4.79 Å². The maximum atomic E-state index is 10.1. The standard InChI is InChI=1S/C9H18O/c1-3-5-6-9(4-2)7-8-10/h8-9H,3-7H2,1-2H3/t9-/m1/s1. The Labute approximate surface area is 63.8 Å². The van der Waals surface area contributed by atoms with E-state index in [2.05, 4.69) is 13.8 Å². The molecule has 0 fully saturated rings. The van der Waals surface area contributed by atoms with E-state index in [0.29, 0.717) is 5.92 Å². The Balaban J connectivity index is 3.29. The monoisotopic (exact) mass is 142 g/mol. The molecule has 0 spiro atoms. The van der Waals surface area contributed by atoms with Gasteiger partial charge in [-0.1, -0.05) is 39.5 Å². The van der Waals surface area contributed by atoms with Crippen molar-refractivity contribution in [3.05, 3.63) is 0 Å². The van der Waals surface area contributed by atoms with Crippen LogP contribution >= 0.6 is 0 Å². The lowest BCUT2D eigenvalue weighted by molar-refractivity contribution is -0.108. The van der Waals surface area contributed by atoms with Crippen molar-refractivity contribution in [1.82, 2.24) is 0 Å². The maximum Gasteiger partial charge on any atom is 0.120 e. The average molecular weight is 142 g/mol. The minimum absolute atomic E-state index is 0.650. The molecule has 0 amide bonds. The van der Waals surface area contributed by atoms with Gasteiger partial charge in [0.1, 0.15) is 6.29 Å². The Hall–Kier alpha value is -0.330. The van der Waals surface area contributed by atoms with E-state index in [-0.39, 0.29) is 0 Å². The lowest BCUT2D eigenvalue weighted by Crippen LogP contribution is -1.98. The van der Waals surface area contributed by atoms with E-state index in [4.69, 9.17) is 0 Å². The molecule has 0 N–H and O–H groups in total. The second kappa shape index (κ2) is 6.79. The van der Waals surface area contributed by atoms with Gasteiger partial charge in [0, 0.05) is 6.42 Å². The predicted molar refractivity (Wildman–Crippen MR) is 44.0 cm³/mol. The summed E-state index contributed by atoms with van der Waals surface area (Å²) < 4.78 is 0. The Kier molecular flexibility index (Phi) is 6.56. The highest BCUT2D eigenvalue weighted by Gasteiger charge is 2.03. The van der Waals surface area contributed by atoms with Crippen molar-refractivity contribution in [1.29, 1.82) is 0 Å². The van der Waals surface area contributed by atoms with Crippen LogP contribution in [0.1, 0.15) is 46.0 Å². The minimum Gasteiger partial charge on any atom is -0.303 e. The third-order valence-electron chi connectivity index (χ3n) is 1.97. The van der Waals surface area contributed by atoms with Crippen LogP contribution in [0.25, 0.3) is 0 Å². The van der Waals surface area contributed by atoms with Crippen LogP contribution in [0, 0.1) is 5.92 Å². The van der Waals surface area contributed by atoms with Crippen LogP contribution in [-0.4, -0.2) is 6.29 Å². The van der Waals surface area contributed by atoms with Gasteiger partial charge in [0.2, 0.25) is 0 Å². The highest BCUT2D eigenvalue weighted by molar-refractivity contribution is 5.49. The largest absolute Gasteiger partial charge is 0.303 e. The zero-order chi connectivity index (χ0) is 7.82. The number of carbonyl (C=O) groups excluding carboxylic acids is 1. The number of rotatable bonds is 6. The van der Waals surface area contributed by atoms with E-state index in [1.165, 1.54) is 19.3 Å². The lowest BCUT2D eigenvalue weighted by atomic mass is 9.97. The van der Waals surface area contributed by atoms with Crippen molar-refractivity contribution in [2.75, 3.05) is 0 Å². The summed E-state index contributed by atoms with van der Waals surface area (Å²) in [6, 6.07) is 0. The van der Waals surface area contributed by atoms with Crippen molar-refractivity contribution in [2.24, 2.45) is 5.92 Å². The molecular weight excluding hydrogens is 124 g/mol. The molecule has 10 heavy (non-hydrogen) atoms. The fourth-order valence-electron chi connectivity index (χ4n) is 1.12. The van der Waals surface area contributed by atoms with Crippen LogP contribution in [0.4, 0.5) is 0 Å². The molecule has 0 aromatic carbocycles. The number of carbonyl (C=O) groups is 1. The van der Waals surface area contributed by atoms with Crippen molar-refractivity contribution in [2.45, 2.75) is 46.0 Å². The number of hydrogen-bond donors (Lipinski definition) is 0. The van der Waals surface area contributed by atoms with Crippen LogP contribution in [0.5, 0.6) is 0 Å². The molecule has 0 aromatic heterocycles. The SMILES string of the molecule is CCCC[C@@H](CC)CC=O. The Morgan fingerprint density at radius 2 is 2.10 bits per heavy atom. The van der Waals surface area contributed by atoms with Gasteiger partial charge in [-0.3, -0.25) is 0 Å². The average Bonchev–Trinajstić information content (AvgIpc) is 1.98. The first-order valence-electron chi connectivity index (χ1n) is 4.28. The van der Waals surface area contributed by atoms with Crippen molar-refractivity contribution < 1.29 is 4.79 Å². The quantitative estimate of drug-likeness (QED) is 0.521. The molecule has 0 aliphatic rings. The molecule has 0 rings (SSSR count). The molecule has 60 valence electrons. The second-order valence-corrected chi connectivity index (χ2v) is 2.82. The van der Waals surface area contributed by atoms with Crippen molar-refractivity contribution >= 4 is 6.29 Å². The zero-order valence-corrected chi connectivity index (χ0v) is 7.10. The zero-order valence-electron chi connectivity index (χ0n) is 7.10. The summed E-state index contributed by atoms with van der Waals surface area (Å²) in [5, 5.41) is 0. The fraction of sp³-hybridized carbons (Fsp3) is 0.889. The van der Waals surface area contributed by atoms with E-state index in [1.807, 2.05) is 0 Å². The maximum absolute atomic E-state index is 10.1. The van der Waals surface area contributed by atoms with Gasteiger partial charge in [0.25, 0.3) is 0 Å². The first-order chi connectivity index (χ1) is 4.85. The van der Waals surface area contributed by atoms with E-state index in [0.717, 1.165) is 19.1 Å². The Morgan fingerprint density at radius 3 is 2.50 bits per heavy atom. The number of aldehydes is 1. The predicted octanol–water partition coefficient (Wildman–Crippen LogP) is 2.79. The summed E-state index contributed by atoms with van der Waals surface area (Å²) in [5.41, 5.74) is 0. The molecule has 0 radical (unpaired) electrons. The molecule has 1 nitrogen and oxygen atoms in total. The van der Waals surface area contributed by atoms with Gasteiger partial charge in [0.05, 0.1) is 0 Å². The Bertz CT molecular complexity index is 78.8. The summed E-state index contributed by atoms with van der Waals surface area (Å²) in [6.07, 6.45) is 6.70. The van der Waals surface area contributed by atoms with Crippen LogP contribution in [0.15, 0.2) is 0 Å². The van der Waals surface area contributed by atoms with Crippen LogP contribution in [0.3, 0.4) is 0 Å². The fourth-order valence-corrected chi connectivity index (χ4v) is 1.12. The lowest BCUT2D eigenvalue weighted by Gasteiger charge is -2.08. The van der Waals surface area contributed by atoms with Gasteiger partial charge in [0.15, 0.2) is 0 Å². The third kappa shape index (κ3) is 4.54. The molecule has 0 aliphatic heterocycles. The van der Waals surface area contributed by atoms with Crippen molar-refractivity contribution in [3.8, 4) is 0 Å². The molecule has 0 unspecified atom stereocenters. The van der Waals surface area contributed by atoms with Crippen LogP contribution in [-0.2, 0) is 4.79 Å². The minimum atomic E-state index is 0.650. The molecule has 1 heteroatoms. The summed E-state index contributed by atoms with van der Waals surface area (Å²) >= 11 is 0. The number of hydrogen-bond acceptors (Lipinski definition) is 1. The third-order valence-corrected chi connectivity index (χ3v) is 1.97. The molecule has 0 aromatic rings. The second-order valence-electron chi connectivity index (χ2n) is 2.82. The van der Waals surface area contributed by atoms with Crippen molar-refractivity contribution in [3.63, 3.8) is 0 Å². The van der Waals surface area contributed by atoms with Gasteiger partial charge in [-0.05, 0) is 5.92 Å². The van der Waals surface area contributed by atoms with E-state index in [1.54, 1.807) is 0 Å². The molecule has 1 atom stereocenters. The van der Waals surface area contributed by atoms with Gasteiger partial charge < -0.3 is 4.79 Å². The first-order valence-corrected chi connectivity index (χ1v) is 4.28. The van der Waals surface area contributed by atoms with Gasteiger partial charge in [-0.15, -0.1) is 0 Å². The summed E-state index contributed by atoms with van der Waals surface area (Å²) in [5.74, 6) is 0.650. The summed E-state index contributed by atoms with van der Waals surface area (Å²) in [4.78, 5) is 10.1.